The highest BCUT2D eigenvalue weighted by Crippen LogP contribution is 2.35. The molecular weight excluding hydrogens is 455 g/mol. The number of halogens is 8. The Morgan fingerprint density at radius 1 is 0.933 bits per heavy atom. The molecule has 0 aliphatic heterocycles. The Morgan fingerprint density at radius 3 is 1.83 bits per heavy atom. The van der Waals surface area contributed by atoms with Crippen LogP contribution >= 0.6 is 11.6 Å². The van der Waals surface area contributed by atoms with E-state index >= 15 is 0 Å². The SMILES string of the molecule is O=C(O)c1cc(F)cnc1Cl.O=C(O)c1cc(F)cnc1NCC(F)(F)C(F)(F)F. The number of alkyl halides is 5. The van der Waals surface area contributed by atoms with Gasteiger partial charge in [-0.15, -0.1) is 0 Å². The Hall–Kier alpha value is -3.16. The van der Waals surface area contributed by atoms with E-state index in [-0.39, 0.29) is 10.7 Å². The van der Waals surface area contributed by atoms with Gasteiger partial charge in [0.05, 0.1) is 24.5 Å². The molecule has 0 aliphatic carbocycles. The van der Waals surface area contributed by atoms with Crippen molar-refractivity contribution in [2.45, 2.75) is 12.1 Å². The molecule has 0 saturated carbocycles. The number of carbonyl (C=O) groups is 2. The molecule has 0 radical (unpaired) electrons. The van der Waals surface area contributed by atoms with E-state index in [1.165, 1.54) is 0 Å². The third-order valence-corrected chi connectivity index (χ3v) is 3.31. The number of nitrogens with one attached hydrogen (secondary N) is 1. The lowest BCUT2D eigenvalue weighted by atomic mass is 10.2. The number of anilines is 1. The second-order valence-electron chi connectivity index (χ2n) is 5.21. The van der Waals surface area contributed by atoms with Gasteiger partial charge in [0, 0.05) is 0 Å². The van der Waals surface area contributed by atoms with Crippen molar-refractivity contribution in [1.82, 2.24) is 9.97 Å². The monoisotopic (exact) mass is 463 g/mol. The molecule has 3 N–H and O–H groups in total. The van der Waals surface area contributed by atoms with Gasteiger partial charge in [-0.1, -0.05) is 11.6 Å². The molecule has 0 spiro atoms. The van der Waals surface area contributed by atoms with Gasteiger partial charge < -0.3 is 15.5 Å². The number of aromatic nitrogens is 2. The lowest BCUT2D eigenvalue weighted by molar-refractivity contribution is -0.275. The van der Waals surface area contributed by atoms with Gasteiger partial charge in [-0.05, 0) is 12.1 Å². The average Bonchev–Trinajstić information content (AvgIpc) is 2.62. The van der Waals surface area contributed by atoms with Gasteiger partial charge in [0.1, 0.15) is 28.2 Å². The van der Waals surface area contributed by atoms with Crippen molar-refractivity contribution < 1.29 is 50.5 Å². The molecule has 0 fully saturated rings. The lowest BCUT2D eigenvalue weighted by Crippen LogP contribution is -2.42. The minimum absolute atomic E-state index is 0.209. The van der Waals surface area contributed by atoms with E-state index in [2.05, 4.69) is 9.97 Å². The Balaban J connectivity index is 0.000000346. The maximum atomic E-state index is 12.7. The van der Waals surface area contributed by atoms with Crippen LogP contribution in [0.25, 0.3) is 0 Å². The van der Waals surface area contributed by atoms with Crippen LogP contribution in [0.2, 0.25) is 5.15 Å². The van der Waals surface area contributed by atoms with E-state index in [0.717, 1.165) is 12.3 Å². The zero-order valence-corrected chi connectivity index (χ0v) is 14.9. The van der Waals surface area contributed by atoms with E-state index in [1.807, 2.05) is 0 Å². The highest BCUT2D eigenvalue weighted by molar-refractivity contribution is 6.32. The Bertz CT molecular complexity index is 941. The largest absolute Gasteiger partial charge is 0.478 e. The summed E-state index contributed by atoms with van der Waals surface area (Å²) in [5, 5.41) is 18.4. The molecular formula is C15H9ClF7N3O4. The maximum Gasteiger partial charge on any atom is 0.455 e. The van der Waals surface area contributed by atoms with Crippen molar-refractivity contribution in [3.8, 4) is 0 Å². The smallest absolute Gasteiger partial charge is 0.455 e. The summed E-state index contributed by atoms with van der Waals surface area (Å²) in [6.07, 6.45) is -4.45. The third-order valence-electron chi connectivity index (χ3n) is 3.01. The number of carboxylic acids is 2. The van der Waals surface area contributed by atoms with E-state index in [9.17, 15) is 40.3 Å². The van der Waals surface area contributed by atoms with Crippen LogP contribution in [0.3, 0.4) is 0 Å². The fraction of sp³-hybridized carbons (Fsp3) is 0.200. The number of hydrogen-bond donors (Lipinski definition) is 3. The first-order chi connectivity index (χ1) is 13.7. The van der Waals surface area contributed by atoms with Crippen LogP contribution in [0.4, 0.5) is 36.6 Å². The van der Waals surface area contributed by atoms with Crippen molar-refractivity contribution >= 4 is 29.4 Å². The number of pyridine rings is 2. The molecule has 0 saturated heterocycles. The Morgan fingerprint density at radius 2 is 1.40 bits per heavy atom. The zero-order valence-electron chi connectivity index (χ0n) is 14.1. The maximum absolute atomic E-state index is 12.7. The predicted molar refractivity (Wildman–Crippen MR) is 86.8 cm³/mol. The van der Waals surface area contributed by atoms with Gasteiger partial charge in [0.25, 0.3) is 0 Å². The van der Waals surface area contributed by atoms with Crippen molar-refractivity contribution in [1.29, 1.82) is 0 Å². The second-order valence-corrected chi connectivity index (χ2v) is 5.57. The molecule has 2 rings (SSSR count). The summed E-state index contributed by atoms with van der Waals surface area (Å²) in [7, 11) is 0. The molecule has 2 heterocycles. The quantitative estimate of drug-likeness (QED) is 0.452. The highest BCUT2D eigenvalue weighted by Gasteiger charge is 2.57. The molecule has 7 nitrogen and oxygen atoms in total. The summed E-state index contributed by atoms with van der Waals surface area (Å²) >= 11 is 5.33. The molecule has 15 heteroatoms. The van der Waals surface area contributed by atoms with Gasteiger partial charge in [0.15, 0.2) is 0 Å². The van der Waals surface area contributed by atoms with Crippen molar-refractivity contribution in [2.75, 3.05) is 11.9 Å². The number of nitrogens with zero attached hydrogens (tertiary/aromatic N) is 2. The van der Waals surface area contributed by atoms with Crippen LogP contribution in [0.1, 0.15) is 20.7 Å². The summed E-state index contributed by atoms with van der Waals surface area (Å²) in [4.78, 5) is 27.3. The molecule has 0 unspecified atom stereocenters. The molecule has 0 bridgehead atoms. The molecule has 0 aliphatic rings. The van der Waals surface area contributed by atoms with Crippen molar-refractivity contribution in [2.24, 2.45) is 0 Å². The fourth-order valence-electron chi connectivity index (χ4n) is 1.61. The summed E-state index contributed by atoms with van der Waals surface area (Å²) in [6.45, 7) is -1.91. The fourth-order valence-corrected chi connectivity index (χ4v) is 1.79. The first kappa shape index (κ1) is 24.9. The van der Waals surface area contributed by atoms with Crippen LogP contribution in [-0.4, -0.2) is 50.8 Å². The van der Waals surface area contributed by atoms with Crippen LogP contribution in [0.5, 0.6) is 0 Å². The van der Waals surface area contributed by atoms with Crippen LogP contribution in [0.15, 0.2) is 24.5 Å². The van der Waals surface area contributed by atoms with Gasteiger partial charge >= 0.3 is 24.0 Å². The standard InChI is InChI=1S/C9H6F6N2O2.C6H3ClFNO2/c10-4-1-5(7(18)19)6(16-2-4)17-3-8(11,12)9(13,14)15;7-5-4(6(10)11)1-3(8)2-9-5/h1-2H,3H2,(H,16,17)(H,18,19);1-2H,(H,10,11). The highest BCUT2D eigenvalue weighted by atomic mass is 35.5. The average molecular weight is 464 g/mol. The van der Waals surface area contributed by atoms with E-state index < -0.39 is 53.6 Å². The summed E-state index contributed by atoms with van der Waals surface area (Å²) < 4.78 is 85.8. The Labute approximate surface area is 167 Å². The normalized spacial score (nSPS) is 11.3. The first-order valence-corrected chi connectivity index (χ1v) is 7.65. The molecule has 2 aromatic heterocycles. The van der Waals surface area contributed by atoms with Crippen LogP contribution < -0.4 is 5.32 Å². The lowest BCUT2D eigenvalue weighted by Gasteiger charge is -2.20. The number of carboxylic acid groups (broad SMARTS) is 2. The van der Waals surface area contributed by atoms with Gasteiger partial charge in [-0.2, -0.15) is 22.0 Å². The summed E-state index contributed by atoms with van der Waals surface area (Å²) in [6, 6.07) is 1.26. The molecule has 0 aromatic carbocycles. The van der Waals surface area contributed by atoms with Gasteiger partial charge in [0.2, 0.25) is 0 Å². The number of aromatic carboxylic acids is 2. The van der Waals surface area contributed by atoms with Gasteiger partial charge in [-0.25, -0.2) is 28.3 Å². The molecule has 30 heavy (non-hydrogen) atoms. The minimum Gasteiger partial charge on any atom is -0.478 e. The third kappa shape index (κ3) is 6.72. The molecule has 0 atom stereocenters. The Kier molecular flexibility index (Phi) is 7.93. The predicted octanol–water partition coefficient (Wildman–Crippen LogP) is 4.10. The zero-order chi connectivity index (χ0) is 23.3. The molecule has 0 amide bonds. The van der Waals surface area contributed by atoms with Crippen LogP contribution in [0, 0.1) is 11.6 Å². The van der Waals surface area contributed by atoms with Crippen molar-refractivity contribution in [3.63, 3.8) is 0 Å². The van der Waals surface area contributed by atoms with Crippen molar-refractivity contribution in [3.05, 3.63) is 52.4 Å². The van der Waals surface area contributed by atoms with Gasteiger partial charge in [-0.3, -0.25) is 0 Å². The second kappa shape index (κ2) is 9.56. The van der Waals surface area contributed by atoms with E-state index in [4.69, 9.17) is 21.8 Å². The first-order valence-electron chi connectivity index (χ1n) is 7.27. The number of hydrogen-bond acceptors (Lipinski definition) is 5. The van der Waals surface area contributed by atoms with E-state index in [1.54, 1.807) is 5.32 Å². The molecule has 164 valence electrons. The number of rotatable bonds is 5. The minimum atomic E-state index is -5.79. The van der Waals surface area contributed by atoms with E-state index in [0.29, 0.717) is 12.3 Å². The topological polar surface area (TPSA) is 112 Å². The van der Waals surface area contributed by atoms with Crippen LogP contribution in [-0.2, 0) is 0 Å². The summed E-state index contributed by atoms with van der Waals surface area (Å²) in [5.41, 5.74) is -1.18. The molecule has 2 aromatic rings. The summed E-state index contributed by atoms with van der Waals surface area (Å²) in [5.74, 6) is -10.6.